The fourth-order valence-corrected chi connectivity index (χ4v) is 4.52. The average molecular weight is 379 g/mol. The zero-order valence-electron chi connectivity index (χ0n) is 16.0. The fourth-order valence-electron chi connectivity index (χ4n) is 3.65. The molecule has 2 fully saturated rings. The van der Waals surface area contributed by atoms with E-state index in [1.807, 2.05) is 4.90 Å². The minimum atomic E-state index is -3.15. The second kappa shape index (κ2) is 7.69. The quantitative estimate of drug-likeness (QED) is 0.765. The molecule has 0 N–H and O–H groups in total. The highest BCUT2D eigenvalue weighted by Gasteiger charge is 2.37. The molecule has 0 aromatic heterocycles. The Morgan fingerprint density at radius 3 is 2.15 bits per heavy atom. The summed E-state index contributed by atoms with van der Waals surface area (Å²) in [5, 5.41) is 0. The van der Waals surface area contributed by atoms with E-state index < -0.39 is 10.0 Å². The first kappa shape index (κ1) is 19.4. The largest absolute Gasteiger partial charge is 0.335 e. The molecule has 1 aromatic rings. The van der Waals surface area contributed by atoms with Crippen LogP contribution in [0.3, 0.4) is 0 Å². The summed E-state index contributed by atoms with van der Waals surface area (Å²) in [6, 6.07) is 8.93. The van der Waals surface area contributed by atoms with Gasteiger partial charge in [0, 0.05) is 31.6 Å². The smallest absolute Gasteiger partial charge is 0.226 e. The molecule has 0 spiro atoms. The number of hydrogen-bond acceptors (Lipinski definition) is 3. The normalized spacial score (nSPS) is 19.7. The van der Waals surface area contributed by atoms with Crippen molar-refractivity contribution in [1.82, 2.24) is 9.21 Å². The maximum atomic E-state index is 13.1. The van der Waals surface area contributed by atoms with Gasteiger partial charge in [-0.2, -0.15) is 0 Å². The number of rotatable bonds is 6. The van der Waals surface area contributed by atoms with Crippen LogP contribution in [0.15, 0.2) is 24.3 Å². The molecule has 1 aliphatic heterocycles. The lowest BCUT2D eigenvalue weighted by atomic mass is 9.96. The van der Waals surface area contributed by atoms with Gasteiger partial charge in [0.25, 0.3) is 0 Å². The van der Waals surface area contributed by atoms with Crippen molar-refractivity contribution in [1.29, 1.82) is 0 Å². The summed E-state index contributed by atoms with van der Waals surface area (Å²) in [5.41, 5.74) is 2.48. The van der Waals surface area contributed by atoms with Crippen LogP contribution in [-0.4, -0.2) is 48.9 Å². The maximum absolute atomic E-state index is 13.1. The number of benzene rings is 1. The Kier molecular flexibility index (Phi) is 5.72. The fraction of sp³-hybridized carbons (Fsp3) is 0.650. The van der Waals surface area contributed by atoms with Crippen molar-refractivity contribution in [2.45, 2.75) is 58.0 Å². The third-order valence-electron chi connectivity index (χ3n) is 5.54. The summed E-state index contributed by atoms with van der Waals surface area (Å²) in [7, 11) is -3.15. The molecule has 0 unspecified atom stereocenters. The molecule has 6 heteroatoms. The van der Waals surface area contributed by atoms with E-state index in [-0.39, 0.29) is 11.8 Å². The Morgan fingerprint density at radius 1 is 1.12 bits per heavy atom. The monoisotopic (exact) mass is 378 g/mol. The maximum Gasteiger partial charge on any atom is 0.226 e. The van der Waals surface area contributed by atoms with E-state index in [0.29, 0.717) is 44.4 Å². The molecule has 0 bridgehead atoms. The van der Waals surface area contributed by atoms with E-state index in [9.17, 15) is 13.2 Å². The lowest BCUT2D eigenvalue weighted by Crippen LogP contribution is -2.44. The molecule has 26 heavy (non-hydrogen) atoms. The molecule has 0 atom stereocenters. The second-order valence-corrected chi connectivity index (χ2v) is 10.0. The lowest BCUT2D eigenvalue weighted by Gasteiger charge is -2.33. The van der Waals surface area contributed by atoms with Gasteiger partial charge < -0.3 is 4.90 Å². The molecule has 3 rings (SSSR count). The second-order valence-electron chi connectivity index (χ2n) is 8.03. The van der Waals surface area contributed by atoms with Gasteiger partial charge in [-0.3, -0.25) is 4.79 Å². The molecule has 1 aliphatic carbocycles. The molecule has 1 aromatic carbocycles. The Morgan fingerprint density at radius 2 is 1.69 bits per heavy atom. The van der Waals surface area contributed by atoms with Gasteiger partial charge in [-0.15, -0.1) is 0 Å². The molecular formula is C20H30N2O3S. The van der Waals surface area contributed by atoms with Gasteiger partial charge in [0.15, 0.2) is 0 Å². The SMILES string of the molecule is CC(C)c1ccc(CN(C(=O)C2CCN(S(C)(=O)=O)CC2)C2CC2)cc1. The van der Waals surface area contributed by atoms with E-state index in [1.165, 1.54) is 21.7 Å². The van der Waals surface area contributed by atoms with Crippen LogP contribution in [0.1, 0.15) is 56.6 Å². The van der Waals surface area contributed by atoms with E-state index in [4.69, 9.17) is 0 Å². The summed E-state index contributed by atoms with van der Waals surface area (Å²) < 4.78 is 24.8. The van der Waals surface area contributed by atoms with Gasteiger partial charge in [0.1, 0.15) is 0 Å². The van der Waals surface area contributed by atoms with Crippen molar-refractivity contribution >= 4 is 15.9 Å². The van der Waals surface area contributed by atoms with Gasteiger partial charge in [0.2, 0.25) is 15.9 Å². The van der Waals surface area contributed by atoms with Gasteiger partial charge in [-0.25, -0.2) is 12.7 Å². The topological polar surface area (TPSA) is 57.7 Å². The highest BCUT2D eigenvalue weighted by molar-refractivity contribution is 7.88. The van der Waals surface area contributed by atoms with Crippen molar-refractivity contribution in [2.24, 2.45) is 5.92 Å². The third-order valence-corrected chi connectivity index (χ3v) is 6.85. The Balaban J connectivity index is 1.64. The predicted molar refractivity (Wildman–Crippen MR) is 103 cm³/mol. The van der Waals surface area contributed by atoms with Gasteiger partial charge in [-0.1, -0.05) is 38.1 Å². The highest BCUT2D eigenvalue weighted by Crippen LogP contribution is 2.32. The van der Waals surface area contributed by atoms with E-state index >= 15 is 0 Å². The first-order chi connectivity index (χ1) is 12.3. The van der Waals surface area contributed by atoms with Crippen LogP contribution in [0.25, 0.3) is 0 Å². The molecule has 2 aliphatic rings. The van der Waals surface area contributed by atoms with Gasteiger partial charge in [-0.05, 0) is 42.7 Å². The van der Waals surface area contributed by atoms with E-state index in [1.54, 1.807) is 0 Å². The molecule has 1 saturated carbocycles. The molecule has 5 nitrogen and oxygen atoms in total. The molecule has 1 saturated heterocycles. The Bertz CT molecular complexity index is 731. The molecule has 144 valence electrons. The highest BCUT2D eigenvalue weighted by atomic mass is 32.2. The predicted octanol–water partition coefficient (Wildman–Crippen LogP) is 2.97. The number of piperidine rings is 1. The zero-order valence-corrected chi connectivity index (χ0v) is 16.8. The molecule has 0 radical (unpaired) electrons. The van der Waals surface area contributed by atoms with Crippen LogP contribution in [0.4, 0.5) is 0 Å². The summed E-state index contributed by atoms with van der Waals surface area (Å²) in [6.45, 7) is 5.93. The van der Waals surface area contributed by atoms with E-state index in [0.717, 1.165) is 12.8 Å². The average Bonchev–Trinajstić information content (AvgIpc) is 3.44. The van der Waals surface area contributed by atoms with Crippen LogP contribution in [-0.2, 0) is 21.4 Å². The van der Waals surface area contributed by atoms with Crippen molar-refractivity contribution in [3.8, 4) is 0 Å². The molecule has 1 heterocycles. The minimum Gasteiger partial charge on any atom is -0.335 e. The number of sulfonamides is 1. The number of hydrogen-bond donors (Lipinski definition) is 0. The summed E-state index contributed by atoms with van der Waals surface area (Å²) in [4.78, 5) is 15.1. The first-order valence-electron chi connectivity index (χ1n) is 9.60. The lowest BCUT2D eigenvalue weighted by molar-refractivity contribution is -0.138. The first-order valence-corrected chi connectivity index (χ1v) is 11.4. The van der Waals surface area contributed by atoms with Crippen LogP contribution >= 0.6 is 0 Å². The van der Waals surface area contributed by atoms with Crippen molar-refractivity contribution in [3.05, 3.63) is 35.4 Å². The Labute approximate surface area is 157 Å². The number of nitrogens with zero attached hydrogens (tertiary/aromatic N) is 2. The van der Waals surface area contributed by atoms with Crippen LogP contribution in [0.2, 0.25) is 0 Å². The summed E-state index contributed by atoms with van der Waals surface area (Å²) in [6.07, 6.45) is 4.66. The zero-order chi connectivity index (χ0) is 18.9. The van der Waals surface area contributed by atoms with Crippen LogP contribution < -0.4 is 0 Å². The summed E-state index contributed by atoms with van der Waals surface area (Å²) in [5.74, 6) is 0.655. The number of carbonyl (C=O) groups excluding carboxylic acids is 1. The standard InChI is InChI=1S/C20H30N2O3S/c1-15(2)17-6-4-16(5-7-17)14-22(19-8-9-19)20(23)18-10-12-21(13-11-18)26(3,24)25/h4-7,15,18-19H,8-14H2,1-3H3. The van der Waals surface area contributed by atoms with Crippen LogP contribution in [0.5, 0.6) is 0 Å². The molecule has 1 amide bonds. The van der Waals surface area contributed by atoms with Gasteiger partial charge in [0.05, 0.1) is 6.26 Å². The van der Waals surface area contributed by atoms with Crippen molar-refractivity contribution < 1.29 is 13.2 Å². The minimum absolute atomic E-state index is 0.0523. The van der Waals surface area contributed by atoms with Crippen molar-refractivity contribution in [2.75, 3.05) is 19.3 Å². The number of carbonyl (C=O) groups is 1. The van der Waals surface area contributed by atoms with Crippen molar-refractivity contribution in [3.63, 3.8) is 0 Å². The van der Waals surface area contributed by atoms with Gasteiger partial charge >= 0.3 is 0 Å². The van der Waals surface area contributed by atoms with E-state index in [2.05, 4.69) is 38.1 Å². The number of amides is 1. The molecular weight excluding hydrogens is 348 g/mol. The van der Waals surface area contributed by atoms with Crippen LogP contribution in [0, 0.1) is 5.92 Å². The third kappa shape index (κ3) is 4.65. The summed E-state index contributed by atoms with van der Waals surface area (Å²) >= 11 is 0. The Hall–Kier alpha value is -1.40.